The average molecular weight is 579 g/mol. The first-order valence-electron chi connectivity index (χ1n) is 15.6. The van der Waals surface area contributed by atoms with Crippen LogP contribution in [0.25, 0.3) is 22.3 Å². The molecule has 1 aliphatic rings. The zero-order valence-electron chi connectivity index (χ0n) is 26.5. The minimum atomic E-state index is -0.489. The Morgan fingerprint density at radius 1 is 0.591 bits per heavy atom. The van der Waals surface area contributed by atoms with Crippen LogP contribution in [0.3, 0.4) is 0 Å². The summed E-state index contributed by atoms with van der Waals surface area (Å²) in [7, 11) is 8.31. The Bertz CT molecular complexity index is 1740. The molecule has 0 spiro atoms. The Morgan fingerprint density at radius 3 is 1.66 bits per heavy atom. The van der Waals surface area contributed by atoms with Gasteiger partial charge in [0.2, 0.25) is 0 Å². The van der Waals surface area contributed by atoms with E-state index in [0.29, 0.717) is 0 Å². The molecule has 0 unspecified atom stereocenters. The first-order valence-corrected chi connectivity index (χ1v) is 15.6. The molecular weight excluding hydrogens is 536 g/mol. The summed E-state index contributed by atoms with van der Waals surface area (Å²) in [6.07, 6.45) is 3.10. The van der Waals surface area contributed by atoms with Gasteiger partial charge in [0, 0.05) is 50.7 Å². The highest BCUT2D eigenvalue weighted by Gasteiger charge is 2.42. The SMILES string of the molecule is CCCC[C@]1(c2ccccc2)Nc2c(-c3ccc(N(C)C)cc3)ccc(-c3ccc(N(C)C)cc3)c2N=C1c1ccccc1. The Labute approximate surface area is 262 Å². The van der Waals surface area contributed by atoms with Gasteiger partial charge in [0.15, 0.2) is 0 Å². The lowest BCUT2D eigenvalue weighted by molar-refractivity contribution is 0.552. The molecule has 0 radical (unpaired) electrons. The highest BCUT2D eigenvalue weighted by molar-refractivity contribution is 6.15. The zero-order valence-corrected chi connectivity index (χ0v) is 26.5. The molecule has 5 aromatic carbocycles. The third-order valence-electron chi connectivity index (χ3n) is 8.75. The van der Waals surface area contributed by atoms with Crippen molar-refractivity contribution in [3.63, 3.8) is 0 Å². The summed E-state index contributed by atoms with van der Waals surface area (Å²) >= 11 is 0. The van der Waals surface area contributed by atoms with Gasteiger partial charge in [-0.15, -0.1) is 0 Å². The van der Waals surface area contributed by atoms with Crippen molar-refractivity contribution in [3.8, 4) is 22.3 Å². The summed E-state index contributed by atoms with van der Waals surface area (Å²) in [6.45, 7) is 2.27. The first-order chi connectivity index (χ1) is 21.4. The molecular formula is C40H42N4. The number of rotatable bonds is 9. The van der Waals surface area contributed by atoms with Crippen LogP contribution in [0.15, 0.2) is 126 Å². The minimum Gasteiger partial charge on any atom is -0.378 e. The number of hydrogen-bond acceptors (Lipinski definition) is 4. The van der Waals surface area contributed by atoms with Gasteiger partial charge in [0.1, 0.15) is 5.54 Å². The summed E-state index contributed by atoms with van der Waals surface area (Å²) in [5.74, 6) is 0. The predicted molar refractivity (Wildman–Crippen MR) is 190 cm³/mol. The van der Waals surface area contributed by atoms with Crippen molar-refractivity contribution in [1.82, 2.24) is 0 Å². The number of hydrogen-bond donors (Lipinski definition) is 1. The van der Waals surface area contributed by atoms with E-state index < -0.39 is 5.54 Å². The second-order valence-electron chi connectivity index (χ2n) is 12.1. The van der Waals surface area contributed by atoms with E-state index in [-0.39, 0.29) is 0 Å². The highest BCUT2D eigenvalue weighted by atomic mass is 15.1. The van der Waals surface area contributed by atoms with Crippen LogP contribution < -0.4 is 15.1 Å². The standard InChI is InChI=1S/C40H42N4/c1-6-7-28-40(32-16-12-9-13-17-32)39(31-14-10-8-11-15-31)41-37-35(29-18-22-33(23-19-29)43(2)3)26-27-36(38(37)42-40)30-20-24-34(25-21-30)44(4)5/h8-27,42H,6-7,28H2,1-5H3/t40-/m1/s1. The summed E-state index contributed by atoms with van der Waals surface area (Å²) in [5.41, 5.74) is 12.0. The van der Waals surface area contributed by atoms with Gasteiger partial charge in [-0.2, -0.15) is 0 Å². The minimum absolute atomic E-state index is 0.489. The van der Waals surface area contributed by atoms with Gasteiger partial charge in [-0.3, -0.25) is 0 Å². The fraction of sp³-hybridized carbons (Fsp3) is 0.225. The number of unbranched alkanes of at least 4 members (excludes halogenated alkanes) is 1. The maximum atomic E-state index is 5.70. The Hall–Kier alpha value is -4.83. The quantitative estimate of drug-likeness (QED) is 0.189. The lowest BCUT2D eigenvalue weighted by atomic mass is 9.76. The monoisotopic (exact) mass is 578 g/mol. The van der Waals surface area contributed by atoms with Gasteiger partial charge in [0.25, 0.3) is 0 Å². The topological polar surface area (TPSA) is 30.9 Å². The number of nitrogens with zero attached hydrogens (tertiary/aromatic N) is 3. The molecule has 4 nitrogen and oxygen atoms in total. The smallest absolute Gasteiger partial charge is 0.106 e. The number of fused-ring (bicyclic) bond motifs is 1. The average Bonchev–Trinajstić information content (AvgIpc) is 3.07. The van der Waals surface area contributed by atoms with E-state index in [2.05, 4.69) is 172 Å². The van der Waals surface area contributed by atoms with E-state index in [1.54, 1.807) is 0 Å². The molecule has 0 fully saturated rings. The lowest BCUT2D eigenvalue weighted by Crippen LogP contribution is -2.46. The van der Waals surface area contributed by atoms with Crippen LogP contribution >= 0.6 is 0 Å². The molecule has 0 saturated carbocycles. The number of anilines is 3. The molecule has 0 saturated heterocycles. The number of nitrogens with one attached hydrogen (secondary N) is 1. The van der Waals surface area contributed by atoms with E-state index in [1.807, 2.05) is 0 Å². The molecule has 4 heteroatoms. The van der Waals surface area contributed by atoms with Crippen LogP contribution in [0.2, 0.25) is 0 Å². The van der Waals surface area contributed by atoms with Crippen molar-refractivity contribution < 1.29 is 0 Å². The van der Waals surface area contributed by atoms with E-state index in [1.165, 1.54) is 22.5 Å². The summed E-state index contributed by atoms with van der Waals surface area (Å²) in [4.78, 5) is 9.97. The van der Waals surface area contributed by atoms with E-state index in [0.717, 1.165) is 58.6 Å². The molecule has 0 amide bonds. The van der Waals surface area contributed by atoms with Crippen molar-refractivity contribution in [1.29, 1.82) is 0 Å². The molecule has 0 bridgehead atoms. The van der Waals surface area contributed by atoms with Crippen LogP contribution in [0.5, 0.6) is 0 Å². The molecule has 1 heterocycles. The van der Waals surface area contributed by atoms with Gasteiger partial charge in [-0.1, -0.05) is 117 Å². The van der Waals surface area contributed by atoms with Crippen LogP contribution in [-0.2, 0) is 5.54 Å². The molecule has 5 aromatic rings. The van der Waals surface area contributed by atoms with E-state index in [9.17, 15) is 0 Å². The van der Waals surface area contributed by atoms with Gasteiger partial charge in [-0.05, 0) is 52.9 Å². The molecule has 1 atom stereocenters. The van der Waals surface area contributed by atoms with E-state index in [4.69, 9.17) is 4.99 Å². The second kappa shape index (κ2) is 12.4. The van der Waals surface area contributed by atoms with Crippen molar-refractivity contribution in [2.24, 2.45) is 4.99 Å². The summed E-state index contributed by atoms with van der Waals surface area (Å²) < 4.78 is 0. The van der Waals surface area contributed by atoms with Gasteiger partial charge < -0.3 is 15.1 Å². The van der Waals surface area contributed by atoms with Gasteiger partial charge in [0.05, 0.1) is 17.1 Å². The van der Waals surface area contributed by atoms with Crippen molar-refractivity contribution in [2.45, 2.75) is 31.7 Å². The third kappa shape index (κ3) is 5.48. The highest BCUT2D eigenvalue weighted by Crippen LogP contribution is 2.51. The fourth-order valence-corrected chi connectivity index (χ4v) is 6.27. The largest absolute Gasteiger partial charge is 0.378 e. The summed E-state index contributed by atoms with van der Waals surface area (Å²) in [6, 6.07) is 43.8. The Kier molecular flexibility index (Phi) is 8.25. The maximum absolute atomic E-state index is 5.70. The number of benzene rings is 5. The molecule has 0 aliphatic carbocycles. The van der Waals surface area contributed by atoms with Gasteiger partial charge in [-0.25, -0.2) is 4.99 Å². The van der Waals surface area contributed by atoms with Crippen LogP contribution in [0.4, 0.5) is 22.7 Å². The van der Waals surface area contributed by atoms with Crippen molar-refractivity contribution >= 4 is 28.5 Å². The van der Waals surface area contributed by atoms with Crippen LogP contribution in [0, 0.1) is 0 Å². The van der Waals surface area contributed by atoms with Gasteiger partial charge >= 0.3 is 0 Å². The van der Waals surface area contributed by atoms with Crippen molar-refractivity contribution in [2.75, 3.05) is 43.3 Å². The second-order valence-corrected chi connectivity index (χ2v) is 12.1. The maximum Gasteiger partial charge on any atom is 0.106 e. The van der Waals surface area contributed by atoms with Crippen LogP contribution in [-0.4, -0.2) is 33.9 Å². The normalized spacial score (nSPS) is 15.6. The van der Waals surface area contributed by atoms with Crippen LogP contribution in [0.1, 0.15) is 37.3 Å². The van der Waals surface area contributed by atoms with E-state index >= 15 is 0 Å². The Balaban J connectivity index is 1.65. The fourth-order valence-electron chi connectivity index (χ4n) is 6.27. The molecule has 44 heavy (non-hydrogen) atoms. The third-order valence-corrected chi connectivity index (χ3v) is 8.75. The summed E-state index contributed by atoms with van der Waals surface area (Å²) in [5, 5.41) is 4.20. The first kappa shape index (κ1) is 29.3. The molecule has 6 rings (SSSR count). The molecule has 1 aliphatic heterocycles. The zero-order chi connectivity index (χ0) is 30.7. The Morgan fingerprint density at radius 2 is 1.11 bits per heavy atom. The predicted octanol–water partition coefficient (Wildman–Crippen LogP) is 9.78. The lowest BCUT2D eigenvalue weighted by Gasteiger charge is -2.42. The van der Waals surface area contributed by atoms with Crippen molar-refractivity contribution in [3.05, 3.63) is 132 Å². The molecule has 0 aromatic heterocycles. The molecule has 1 N–H and O–H groups in total. The molecule has 222 valence electrons. The number of aliphatic imine (C=N–C) groups is 1.